The Kier molecular flexibility index (Phi) is 3.36. The lowest BCUT2D eigenvalue weighted by molar-refractivity contribution is -0.131. The van der Waals surface area contributed by atoms with E-state index in [2.05, 4.69) is 5.32 Å². The number of hydrogen-bond acceptors (Lipinski definition) is 1. The van der Waals surface area contributed by atoms with Crippen molar-refractivity contribution in [1.29, 1.82) is 0 Å². The van der Waals surface area contributed by atoms with Gasteiger partial charge in [-0.3, -0.25) is 4.79 Å². The molecule has 0 aromatic carbocycles. The van der Waals surface area contributed by atoms with Gasteiger partial charge in [0.2, 0.25) is 5.91 Å². The van der Waals surface area contributed by atoms with Gasteiger partial charge in [0.15, 0.2) is 0 Å². The smallest absolute Gasteiger partial charge is 0.222 e. The Morgan fingerprint density at radius 1 is 1.45 bits per heavy atom. The fourth-order valence-electron chi connectivity index (χ4n) is 1.23. The minimum absolute atomic E-state index is 0.294. The molecule has 1 rings (SSSR count). The van der Waals surface area contributed by atoms with Gasteiger partial charge < -0.3 is 4.90 Å². The normalized spacial score (nSPS) is 18.5. The zero-order valence-electron chi connectivity index (χ0n) is 7.05. The van der Waals surface area contributed by atoms with E-state index in [9.17, 15) is 4.79 Å². The summed E-state index contributed by atoms with van der Waals surface area (Å²) in [6.07, 6.45) is 1.65. The van der Waals surface area contributed by atoms with Crippen LogP contribution in [0, 0.1) is 0 Å². The zero-order chi connectivity index (χ0) is 8.10. The Morgan fingerprint density at radius 3 is 2.64 bits per heavy atom. The number of hydrogen-bond donors (Lipinski definition) is 0. The van der Waals surface area contributed by atoms with Crippen molar-refractivity contribution in [2.75, 3.05) is 26.2 Å². The van der Waals surface area contributed by atoms with Crippen molar-refractivity contribution in [2.24, 2.45) is 0 Å². The third kappa shape index (κ3) is 2.50. The number of carbonyl (C=O) groups excluding carboxylic acids is 1. The Hall–Kier alpha value is -0.570. The number of amides is 1. The van der Waals surface area contributed by atoms with Crippen LogP contribution in [0.25, 0.3) is 0 Å². The molecule has 0 atom stereocenters. The maximum Gasteiger partial charge on any atom is 0.222 e. The standard InChI is InChI=1S/C8H15N2O/c1-2-3-8(11)10-6-4-9-5-7-10/h2-7H2,1H3. The first-order valence-electron chi connectivity index (χ1n) is 4.25. The average molecular weight is 155 g/mol. The lowest BCUT2D eigenvalue weighted by Crippen LogP contribution is -2.43. The lowest BCUT2D eigenvalue weighted by Gasteiger charge is -2.26. The molecule has 63 valence electrons. The Bertz CT molecular complexity index is 130. The summed E-state index contributed by atoms with van der Waals surface area (Å²) in [6.45, 7) is 5.36. The van der Waals surface area contributed by atoms with Crippen molar-refractivity contribution in [3.8, 4) is 0 Å². The highest BCUT2D eigenvalue weighted by atomic mass is 16.2. The van der Waals surface area contributed by atoms with Crippen LogP contribution in [0.15, 0.2) is 0 Å². The molecule has 1 heterocycles. The van der Waals surface area contributed by atoms with E-state index in [1.165, 1.54) is 0 Å². The molecule has 1 radical (unpaired) electrons. The van der Waals surface area contributed by atoms with E-state index in [1.807, 2.05) is 11.8 Å². The summed E-state index contributed by atoms with van der Waals surface area (Å²) in [5, 5.41) is 4.18. The van der Waals surface area contributed by atoms with Gasteiger partial charge in [0.1, 0.15) is 0 Å². The van der Waals surface area contributed by atoms with E-state index < -0.39 is 0 Å². The summed E-state index contributed by atoms with van der Waals surface area (Å²) in [5.74, 6) is 0.294. The van der Waals surface area contributed by atoms with E-state index in [1.54, 1.807) is 0 Å². The molecule has 0 spiro atoms. The van der Waals surface area contributed by atoms with Crippen LogP contribution in [0.1, 0.15) is 19.8 Å². The predicted octanol–water partition coefficient (Wildman–Crippen LogP) is 0.233. The molecule has 0 N–H and O–H groups in total. The fraction of sp³-hybridized carbons (Fsp3) is 0.875. The van der Waals surface area contributed by atoms with E-state index >= 15 is 0 Å². The molecule has 0 saturated carbocycles. The fourth-order valence-corrected chi connectivity index (χ4v) is 1.23. The van der Waals surface area contributed by atoms with Gasteiger partial charge in [0.25, 0.3) is 0 Å². The zero-order valence-corrected chi connectivity index (χ0v) is 7.05. The van der Waals surface area contributed by atoms with Gasteiger partial charge in [-0.15, -0.1) is 0 Å². The molecule has 1 fully saturated rings. The maximum absolute atomic E-state index is 11.3. The molecule has 1 aliphatic heterocycles. The molecule has 1 amide bonds. The van der Waals surface area contributed by atoms with Gasteiger partial charge in [-0.25, -0.2) is 5.32 Å². The van der Waals surface area contributed by atoms with Crippen LogP contribution >= 0.6 is 0 Å². The van der Waals surface area contributed by atoms with Crippen molar-refractivity contribution in [3.05, 3.63) is 0 Å². The minimum atomic E-state index is 0.294. The van der Waals surface area contributed by atoms with E-state index in [-0.39, 0.29) is 0 Å². The summed E-state index contributed by atoms with van der Waals surface area (Å²) in [7, 11) is 0. The maximum atomic E-state index is 11.3. The SMILES string of the molecule is CCCC(=O)N1CC[N]CC1. The van der Waals surface area contributed by atoms with Crippen molar-refractivity contribution in [1.82, 2.24) is 10.2 Å². The highest BCUT2D eigenvalue weighted by Crippen LogP contribution is 1.99. The van der Waals surface area contributed by atoms with Crippen LogP contribution in [0.3, 0.4) is 0 Å². The van der Waals surface area contributed by atoms with Gasteiger partial charge in [0.05, 0.1) is 0 Å². The molecule has 3 heteroatoms. The molecule has 0 aromatic rings. The van der Waals surface area contributed by atoms with Crippen molar-refractivity contribution >= 4 is 5.91 Å². The summed E-state index contributed by atoms with van der Waals surface area (Å²) >= 11 is 0. The van der Waals surface area contributed by atoms with Gasteiger partial charge in [0, 0.05) is 32.6 Å². The van der Waals surface area contributed by atoms with E-state index in [4.69, 9.17) is 0 Å². The molecule has 11 heavy (non-hydrogen) atoms. The van der Waals surface area contributed by atoms with Gasteiger partial charge >= 0.3 is 0 Å². The first-order valence-corrected chi connectivity index (χ1v) is 4.25. The van der Waals surface area contributed by atoms with Crippen LogP contribution in [0.4, 0.5) is 0 Å². The number of piperazine rings is 1. The van der Waals surface area contributed by atoms with Crippen LogP contribution in [-0.2, 0) is 4.79 Å². The number of carbonyl (C=O) groups is 1. The first kappa shape index (κ1) is 8.53. The molecule has 0 aromatic heterocycles. The molecule has 1 aliphatic rings. The highest BCUT2D eigenvalue weighted by molar-refractivity contribution is 5.76. The van der Waals surface area contributed by atoms with Gasteiger partial charge in [-0.2, -0.15) is 0 Å². The molecular formula is C8H15N2O. The Balaban J connectivity index is 2.27. The molecule has 0 bridgehead atoms. The van der Waals surface area contributed by atoms with Gasteiger partial charge in [-0.05, 0) is 6.42 Å². The van der Waals surface area contributed by atoms with Crippen LogP contribution in [0.5, 0.6) is 0 Å². The summed E-state index contributed by atoms with van der Waals surface area (Å²) in [6, 6.07) is 0. The third-order valence-electron chi connectivity index (χ3n) is 1.87. The quantitative estimate of drug-likeness (QED) is 0.562. The second-order valence-corrected chi connectivity index (χ2v) is 2.80. The molecule has 1 saturated heterocycles. The van der Waals surface area contributed by atoms with Crippen molar-refractivity contribution in [2.45, 2.75) is 19.8 Å². The van der Waals surface area contributed by atoms with Gasteiger partial charge in [-0.1, -0.05) is 6.92 Å². The molecule has 3 nitrogen and oxygen atoms in total. The van der Waals surface area contributed by atoms with Crippen LogP contribution < -0.4 is 5.32 Å². The largest absolute Gasteiger partial charge is 0.340 e. The first-order chi connectivity index (χ1) is 5.34. The second kappa shape index (κ2) is 4.34. The highest BCUT2D eigenvalue weighted by Gasteiger charge is 2.14. The summed E-state index contributed by atoms with van der Waals surface area (Å²) in [4.78, 5) is 13.2. The number of rotatable bonds is 2. The lowest BCUT2D eigenvalue weighted by atomic mass is 10.2. The minimum Gasteiger partial charge on any atom is -0.340 e. The monoisotopic (exact) mass is 155 g/mol. The van der Waals surface area contributed by atoms with Crippen LogP contribution in [0.2, 0.25) is 0 Å². The molecular weight excluding hydrogens is 140 g/mol. The van der Waals surface area contributed by atoms with Crippen LogP contribution in [-0.4, -0.2) is 37.0 Å². The van der Waals surface area contributed by atoms with E-state index in [0.717, 1.165) is 32.6 Å². The van der Waals surface area contributed by atoms with Crippen molar-refractivity contribution < 1.29 is 4.79 Å². The molecule has 0 aliphatic carbocycles. The van der Waals surface area contributed by atoms with Crippen molar-refractivity contribution in [3.63, 3.8) is 0 Å². The topological polar surface area (TPSA) is 34.4 Å². The summed E-state index contributed by atoms with van der Waals surface area (Å²) in [5.41, 5.74) is 0. The Morgan fingerprint density at radius 2 is 2.09 bits per heavy atom. The predicted molar refractivity (Wildman–Crippen MR) is 43.4 cm³/mol. The third-order valence-corrected chi connectivity index (χ3v) is 1.87. The van der Waals surface area contributed by atoms with E-state index in [0.29, 0.717) is 12.3 Å². The molecule has 0 unspecified atom stereocenters. The summed E-state index contributed by atoms with van der Waals surface area (Å²) < 4.78 is 0. The second-order valence-electron chi connectivity index (χ2n) is 2.80. The number of nitrogens with zero attached hydrogens (tertiary/aromatic N) is 2. The Labute approximate surface area is 67.8 Å². The average Bonchev–Trinajstić information content (AvgIpc) is 2.07.